The lowest BCUT2D eigenvalue weighted by Gasteiger charge is -2.45. The van der Waals surface area contributed by atoms with Gasteiger partial charge in [-0.1, -0.05) is 137 Å². The molecule has 2 aliphatic carbocycles. The van der Waals surface area contributed by atoms with Gasteiger partial charge < -0.3 is 14.2 Å². The Hall–Kier alpha value is -5.48. The fourth-order valence-corrected chi connectivity index (χ4v) is 11.9. The predicted molar refractivity (Wildman–Crippen MR) is 270 cm³/mol. The normalized spacial score (nSPS) is 18.6. The third kappa shape index (κ3) is 6.06. The molecule has 0 unspecified atom stereocenters. The third-order valence-corrected chi connectivity index (χ3v) is 15.9. The molecule has 0 N–H and O–H groups in total. The van der Waals surface area contributed by atoms with Crippen LogP contribution in [0.3, 0.4) is 0 Å². The van der Waals surface area contributed by atoms with Gasteiger partial charge in [-0.3, -0.25) is 0 Å². The minimum atomic E-state index is -0.105. The monoisotopic (exact) mass is 827 g/mol. The molecule has 0 saturated carbocycles. The van der Waals surface area contributed by atoms with Gasteiger partial charge in [-0.25, -0.2) is 0 Å². The Bertz CT molecular complexity index is 3030. The van der Waals surface area contributed by atoms with Gasteiger partial charge in [0.15, 0.2) is 0 Å². The number of rotatable bonds is 3. The summed E-state index contributed by atoms with van der Waals surface area (Å²) in [6.45, 7) is 28.7. The predicted octanol–water partition coefficient (Wildman–Crippen LogP) is 14.5. The summed E-state index contributed by atoms with van der Waals surface area (Å²) in [5, 5.41) is 1.21. The molecule has 3 heterocycles. The van der Waals surface area contributed by atoms with E-state index in [0.29, 0.717) is 0 Å². The highest BCUT2D eigenvalue weighted by Gasteiger charge is 2.49. The van der Waals surface area contributed by atoms with Crippen LogP contribution in [0, 0.1) is 6.92 Å². The first-order valence-corrected chi connectivity index (χ1v) is 23.5. The molecule has 4 aliphatic rings. The van der Waals surface area contributed by atoms with Crippen molar-refractivity contribution in [2.24, 2.45) is 0 Å². The molecule has 0 bridgehead atoms. The smallest absolute Gasteiger partial charge is 0.297 e. The first-order chi connectivity index (χ1) is 29.7. The number of fused-ring (bicyclic) bond motifs is 8. The minimum Gasteiger partial charge on any atom is -0.468 e. The minimum absolute atomic E-state index is 0.0409. The summed E-state index contributed by atoms with van der Waals surface area (Å²) < 4.78 is 7.58. The standard InChI is InChI=1S/C59H63BN2O/c1-36-29-49-52-50(30-36)62(41-22-23-43-44(33-41)57(7,8)26-25-56(43,5)6)53-42-34-45-46(59(11,12)28-27-58(45,9)10)35-51(42)63-54(53)60(52)47-32-39(55(2,3)4)21-24-48(47)61(49)40-20-16-19-38(31-40)37-17-14-13-15-18-37/h13-24,29-35H,25-28H2,1-12H3. The van der Waals surface area contributed by atoms with Crippen molar-refractivity contribution < 1.29 is 4.42 Å². The van der Waals surface area contributed by atoms with Crippen molar-refractivity contribution in [3.63, 3.8) is 0 Å². The molecule has 0 radical (unpaired) electrons. The summed E-state index contributed by atoms with van der Waals surface area (Å²) in [6, 6.07) is 44.5. The number of hydrogen-bond donors (Lipinski definition) is 0. The number of furan rings is 1. The van der Waals surface area contributed by atoms with Crippen LogP contribution >= 0.6 is 0 Å². The second-order valence-corrected chi connectivity index (χ2v) is 23.2. The molecule has 0 spiro atoms. The Morgan fingerprint density at radius 1 is 0.524 bits per heavy atom. The Morgan fingerprint density at radius 3 is 1.78 bits per heavy atom. The van der Waals surface area contributed by atoms with Gasteiger partial charge in [-0.05, 0) is 170 Å². The van der Waals surface area contributed by atoms with E-state index < -0.39 is 0 Å². The number of nitrogens with zero attached hydrogens (tertiary/aromatic N) is 2. The first-order valence-electron chi connectivity index (χ1n) is 23.5. The Morgan fingerprint density at radius 2 is 1.11 bits per heavy atom. The highest BCUT2D eigenvalue weighted by molar-refractivity contribution is 7.00. The van der Waals surface area contributed by atoms with Crippen LogP contribution in [0.5, 0.6) is 0 Å². The third-order valence-electron chi connectivity index (χ3n) is 15.9. The fraction of sp³-hybridized carbons (Fsp3) is 0.356. The zero-order valence-electron chi connectivity index (χ0n) is 39.7. The van der Waals surface area contributed by atoms with Crippen LogP contribution in [0.2, 0.25) is 0 Å². The largest absolute Gasteiger partial charge is 0.468 e. The van der Waals surface area contributed by atoms with Gasteiger partial charge in [0.1, 0.15) is 5.58 Å². The molecule has 6 aromatic carbocycles. The van der Waals surface area contributed by atoms with E-state index in [0.717, 1.165) is 29.8 Å². The van der Waals surface area contributed by atoms with Crippen LogP contribution in [0.15, 0.2) is 120 Å². The van der Waals surface area contributed by atoms with Crippen LogP contribution < -0.4 is 26.4 Å². The SMILES string of the molecule is Cc1cc2c3c(c1)N(c1ccc4c(c1)C(C)(C)CCC4(C)C)c1c(oc4cc5c(cc14)C(C)(C)CCC5(C)C)B3c1cc(C(C)(C)C)ccc1N2c1cccc(-c2ccccc2)c1. The van der Waals surface area contributed by atoms with Gasteiger partial charge in [0.05, 0.1) is 11.3 Å². The van der Waals surface area contributed by atoms with Gasteiger partial charge in [0, 0.05) is 33.8 Å². The van der Waals surface area contributed by atoms with Crippen LogP contribution in [0.1, 0.15) is 135 Å². The van der Waals surface area contributed by atoms with Crippen LogP contribution in [-0.4, -0.2) is 6.71 Å². The molecular formula is C59H63BN2O. The van der Waals surface area contributed by atoms with E-state index in [1.807, 2.05) is 0 Å². The Balaban J connectivity index is 1.25. The van der Waals surface area contributed by atoms with Gasteiger partial charge in [0.25, 0.3) is 6.71 Å². The van der Waals surface area contributed by atoms with Gasteiger partial charge in [0.2, 0.25) is 0 Å². The Labute approximate surface area is 376 Å². The van der Waals surface area contributed by atoms with Crippen LogP contribution in [0.4, 0.5) is 34.1 Å². The van der Waals surface area contributed by atoms with Crippen molar-refractivity contribution in [2.75, 3.05) is 9.80 Å². The number of hydrogen-bond acceptors (Lipinski definition) is 3. The highest BCUT2D eigenvalue weighted by Crippen LogP contribution is 2.53. The quantitative estimate of drug-likeness (QED) is 0.165. The first kappa shape index (κ1) is 40.3. The summed E-state index contributed by atoms with van der Waals surface area (Å²) in [4.78, 5) is 5.16. The molecule has 0 atom stereocenters. The van der Waals surface area contributed by atoms with E-state index in [4.69, 9.17) is 4.42 Å². The van der Waals surface area contributed by atoms with Crippen LogP contribution in [0.25, 0.3) is 22.1 Å². The van der Waals surface area contributed by atoms with Crippen molar-refractivity contribution >= 4 is 68.4 Å². The molecule has 0 fully saturated rings. The molecule has 4 heteroatoms. The van der Waals surface area contributed by atoms with E-state index in [9.17, 15) is 0 Å². The van der Waals surface area contributed by atoms with E-state index in [-0.39, 0.29) is 33.8 Å². The lowest BCUT2D eigenvalue weighted by Crippen LogP contribution is -2.61. The average molecular weight is 827 g/mol. The lowest BCUT2D eigenvalue weighted by molar-refractivity contribution is 0.332. The molecule has 0 amide bonds. The van der Waals surface area contributed by atoms with Crippen LogP contribution in [-0.2, 0) is 27.1 Å². The number of aryl methyl sites for hydroxylation is 1. The number of anilines is 6. The average Bonchev–Trinajstić information content (AvgIpc) is 3.61. The fourth-order valence-electron chi connectivity index (χ4n) is 11.9. The lowest BCUT2D eigenvalue weighted by atomic mass is 9.35. The zero-order chi connectivity index (χ0) is 44.2. The molecule has 11 rings (SSSR count). The zero-order valence-corrected chi connectivity index (χ0v) is 39.7. The second-order valence-electron chi connectivity index (χ2n) is 23.2. The summed E-state index contributed by atoms with van der Waals surface area (Å²) >= 11 is 0. The van der Waals surface area contributed by atoms with Crippen molar-refractivity contribution in [3.05, 3.63) is 149 Å². The summed E-state index contributed by atoms with van der Waals surface area (Å²) in [5.41, 5.74) is 22.9. The Kier molecular flexibility index (Phi) is 8.50. The summed E-state index contributed by atoms with van der Waals surface area (Å²) in [6.07, 6.45) is 4.68. The molecule has 0 saturated heterocycles. The summed E-state index contributed by atoms with van der Waals surface area (Å²) in [7, 11) is 0. The van der Waals surface area contributed by atoms with E-state index in [1.165, 1.54) is 102 Å². The maximum atomic E-state index is 7.58. The van der Waals surface area contributed by atoms with Crippen molar-refractivity contribution in [3.8, 4) is 11.1 Å². The van der Waals surface area contributed by atoms with E-state index >= 15 is 0 Å². The highest BCUT2D eigenvalue weighted by atomic mass is 16.3. The molecule has 3 nitrogen and oxygen atoms in total. The van der Waals surface area contributed by atoms with Crippen molar-refractivity contribution in [1.82, 2.24) is 0 Å². The molecule has 318 valence electrons. The molecule has 1 aromatic heterocycles. The topological polar surface area (TPSA) is 19.6 Å². The van der Waals surface area contributed by atoms with Gasteiger partial charge in [-0.15, -0.1) is 0 Å². The van der Waals surface area contributed by atoms with Crippen molar-refractivity contribution in [1.29, 1.82) is 0 Å². The maximum absolute atomic E-state index is 7.58. The van der Waals surface area contributed by atoms with E-state index in [1.54, 1.807) is 0 Å². The number of benzene rings is 6. The van der Waals surface area contributed by atoms with Gasteiger partial charge in [-0.2, -0.15) is 0 Å². The summed E-state index contributed by atoms with van der Waals surface area (Å²) in [5.74, 6) is 0. The van der Waals surface area contributed by atoms with Gasteiger partial charge >= 0.3 is 0 Å². The molecule has 7 aromatic rings. The molecule has 2 aliphatic heterocycles. The van der Waals surface area contributed by atoms with Crippen molar-refractivity contribution in [2.45, 2.75) is 136 Å². The maximum Gasteiger partial charge on any atom is 0.297 e. The molecule has 63 heavy (non-hydrogen) atoms. The second kappa shape index (κ2) is 13.3. The molecular weight excluding hydrogens is 763 g/mol. The van der Waals surface area contributed by atoms with E-state index in [2.05, 4.69) is 208 Å².